The fraction of sp³-hybridized carbons (Fsp3) is 0.960. The summed E-state index contributed by atoms with van der Waals surface area (Å²) in [6.45, 7) is 6.75. The Kier molecular flexibility index (Phi) is 69.5. The number of esters is 3. The summed E-state index contributed by atoms with van der Waals surface area (Å²) in [7, 11) is 0. The van der Waals surface area contributed by atoms with E-state index in [1.165, 1.54) is 347 Å². The van der Waals surface area contributed by atoms with Crippen molar-refractivity contribution in [3.63, 3.8) is 0 Å². The number of hydrogen-bond donors (Lipinski definition) is 0. The van der Waals surface area contributed by atoms with E-state index in [0.717, 1.165) is 57.8 Å². The average molecular weight is 1140 g/mol. The summed E-state index contributed by atoms with van der Waals surface area (Å²) in [5.41, 5.74) is 0. The van der Waals surface area contributed by atoms with Crippen molar-refractivity contribution in [2.45, 2.75) is 451 Å². The second-order valence-electron chi connectivity index (χ2n) is 25.9. The largest absolute Gasteiger partial charge is 0.462 e. The second-order valence-corrected chi connectivity index (χ2v) is 25.9. The number of ether oxygens (including phenoxy) is 3. The average Bonchev–Trinajstić information content (AvgIpc) is 3.47. The Morgan fingerprint density at radius 2 is 0.333 bits per heavy atom. The summed E-state index contributed by atoms with van der Waals surface area (Å²) in [6, 6.07) is 0. The first-order chi connectivity index (χ1) is 40.0. The van der Waals surface area contributed by atoms with Crippen LogP contribution in [0.15, 0.2) is 0 Å². The molecule has 1 atom stereocenters. The Morgan fingerprint density at radius 3 is 0.494 bits per heavy atom. The van der Waals surface area contributed by atoms with Gasteiger partial charge in [-0.2, -0.15) is 0 Å². The van der Waals surface area contributed by atoms with E-state index in [-0.39, 0.29) is 31.1 Å². The minimum absolute atomic E-state index is 0.0600. The van der Waals surface area contributed by atoms with E-state index >= 15 is 0 Å². The third kappa shape index (κ3) is 69.1. The zero-order valence-corrected chi connectivity index (χ0v) is 55.6. The number of unbranched alkanes of at least 4 members (excludes halogenated alkanes) is 60. The van der Waals surface area contributed by atoms with Crippen molar-refractivity contribution in [2.75, 3.05) is 13.2 Å². The highest BCUT2D eigenvalue weighted by atomic mass is 16.6. The predicted octanol–water partition coefficient (Wildman–Crippen LogP) is 25.8. The molecule has 0 radical (unpaired) electrons. The summed E-state index contributed by atoms with van der Waals surface area (Å²) < 4.78 is 17.0. The molecule has 482 valence electrons. The number of hydrogen-bond acceptors (Lipinski definition) is 6. The van der Waals surface area contributed by atoms with E-state index in [4.69, 9.17) is 14.2 Å². The molecule has 0 bridgehead atoms. The molecule has 0 aromatic carbocycles. The first kappa shape index (κ1) is 79.4. The highest BCUT2D eigenvalue weighted by molar-refractivity contribution is 5.71. The third-order valence-electron chi connectivity index (χ3n) is 17.6. The summed E-state index contributed by atoms with van der Waals surface area (Å²) in [5, 5.41) is 0. The maximum absolute atomic E-state index is 13.0. The number of carbonyl (C=O) groups is 3. The van der Waals surface area contributed by atoms with Crippen LogP contribution in [0.1, 0.15) is 445 Å². The van der Waals surface area contributed by atoms with E-state index < -0.39 is 6.10 Å². The van der Waals surface area contributed by atoms with Crippen LogP contribution in [0.25, 0.3) is 0 Å². The van der Waals surface area contributed by atoms with Gasteiger partial charge in [0.05, 0.1) is 0 Å². The van der Waals surface area contributed by atoms with Crippen LogP contribution in [0.5, 0.6) is 0 Å². The molecule has 6 nitrogen and oxygen atoms in total. The second kappa shape index (κ2) is 70.9. The molecule has 0 aromatic heterocycles. The molecule has 0 heterocycles. The van der Waals surface area contributed by atoms with Gasteiger partial charge in [-0.25, -0.2) is 0 Å². The molecule has 81 heavy (non-hydrogen) atoms. The van der Waals surface area contributed by atoms with Gasteiger partial charge in [-0.1, -0.05) is 406 Å². The van der Waals surface area contributed by atoms with Gasteiger partial charge in [0, 0.05) is 19.3 Å². The molecule has 0 amide bonds. The molecule has 0 N–H and O–H groups in total. The Hall–Kier alpha value is -1.59. The molecule has 0 rings (SSSR count). The fourth-order valence-electron chi connectivity index (χ4n) is 12.0. The van der Waals surface area contributed by atoms with Crippen molar-refractivity contribution >= 4 is 17.9 Å². The van der Waals surface area contributed by atoms with Crippen LogP contribution in [0.4, 0.5) is 0 Å². The highest BCUT2D eigenvalue weighted by Crippen LogP contribution is 2.20. The quantitative estimate of drug-likeness (QED) is 0.0343. The molecule has 0 aliphatic heterocycles. The van der Waals surface area contributed by atoms with Crippen molar-refractivity contribution in [3.05, 3.63) is 0 Å². The lowest BCUT2D eigenvalue weighted by molar-refractivity contribution is -0.167. The molecule has 0 spiro atoms. The molecule has 0 fully saturated rings. The smallest absolute Gasteiger partial charge is 0.306 e. The van der Waals surface area contributed by atoms with E-state index in [9.17, 15) is 14.4 Å². The number of carbonyl (C=O) groups excluding carboxylic acids is 3. The standard InChI is InChI=1S/C75H146O6/c1-4-7-10-13-16-19-22-25-28-30-32-33-34-35-36-37-38-39-40-41-43-44-47-50-53-56-59-62-65-68-74(77)80-71-72(70-79-73(76)67-64-61-58-55-52-49-46-27-24-21-18-15-12-9-6-3)81-75(78)69-66-63-60-57-54-51-48-45-42-31-29-26-23-20-17-14-11-8-5-2/h72H,4-71H2,1-3H3. The number of rotatable bonds is 71. The summed E-state index contributed by atoms with van der Waals surface area (Å²) in [5.74, 6) is -0.816. The van der Waals surface area contributed by atoms with Crippen LogP contribution in [0, 0.1) is 0 Å². The molecule has 0 saturated carbocycles. The first-order valence-electron chi connectivity index (χ1n) is 37.5. The van der Waals surface area contributed by atoms with Gasteiger partial charge in [0.25, 0.3) is 0 Å². The van der Waals surface area contributed by atoms with Crippen LogP contribution < -0.4 is 0 Å². The zero-order chi connectivity index (χ0) is 58.5. The van der Waals surface area contributed by atoms with Crippen molar-refractivity contribution in [1.29, 1.82) is 0 Å². The lowest BCUT2D eigenvalue weighted by Gasteiger charge is -2.18. The zero-order valence-electron chi connectivity index (χ0n) is 55.6. The first-order valence-corrected chi connectivity index (χ1v) is 37.5. The minimum Gasteiger partial charge on any atom is -0.462 e. The van der Waals surface area contributed by atoms with Crippen LogP contribution in [0.2, 0.25) is 0 Å². The Balaban J connectivity index is 4.16. The normalized spacial score (nSPS) is 11.9. The Bertz CT molecular complexity index is 1220. The summed E-state index contributed by atoms with van der Waals surface area (Å²) in [4.78, 5) is 38.5. The molecular formula is C75H146O6. The fourth-order valence-corrected chi connectivity index (χ4v) is 12.0. The molecule has 0 aliphatic carbocycles. The van der Waals surface area contributed by atoms with Crippen LogP contribution in [0.3, 0.4) is 0 Å². The van der Waals surface area contributed by atoms with Crippen LogP contribution in [-0.2, 0) is 28.6 Å². The van der Waals surface area contributed by atoms with Crippen molar-refractivity contribution in [3.8, 4) is 0 Å². The summed E-state index contributed by atoms with van der Waals surface area (Å²) >= 11 is 0. The van der Waals surface area contributed by atoms with E-state index in [1.807, 2.05) is 0 Å². The third-order valence-corrected chi connectivity index (χ3v) is 17.6. The van der Waals surface area contributed by atoms with Gasteiger partial charge in [0.1, 0.15) is 13.2 Å². The maximum Gasteiger partial charge on any atom is 0.306 e. The Labute approximate surface area is 508 Å². The molecule has 0 saturated heterocycles. The van der Waals surface area contributed by atoms with Gasteiger partial charge in [0.15, 0.2) is 6.10 Å². The molecule has 0 aliphatic rings. The van der Waals surface area contributed by atoms with E-state index in [2.05, 4.69) is 20.8 Å². The van der Waals surface area contributed by atoms with Crippen LogP contribution >= 0.6 is 0 Å². The van der Waals surface area contributed by atoms with Gasteiger partial charge < -0.3 is 14.2 Å². The lowest BCUT2D eigenvalue weighted by atomic mass is 10.0. The van der Waals surface area contributed by atoms with Gasteiger partial charge in [-0.15, -0.1) is 0 Å². The molecule has 6 heteroatoms. The highest BCUT2D eigenvalue weighted by Gasteiger charge is 2.20. The van der Waals surface area contributed by atoms with Gasteiger partial charge >= 0.3 is 17.9 Å². The van der Waals surface area contributed by atoms with Gasteiger partial charge in [-0.05, 0) is 19.3 Å². The molecular weight excluding hydrogens is 997 g/mol. The van der Waals surface area contributed by atoms with Gasteiger partial charge in [0.2, 0.25) is 0 Å². The monoisotopic (exact) mass is 1140 g/mol. The molecule has 1 unspecified atom stereocenters. The SMILES string of the molecule is CCCCCCCCCCCCCCCCCCCCCCCCCCCCCCCC(=O)OCC(COC(=O)CCCCCCCCCCCCCCCCC)OC(=O)CCCCCCCCCCCCCCCCCCCCC. The molecule has 0 aromatic rings. The van der Waals surface area contributed by atoms with E-state index in [1.54, 1.807) is 0 Å². The topological polar surface area (TPSA) is 78.9 Å². The lowest BCUT2D eigenvalue weighted by Crippen LogP contribution is -2.30. The van der Waals surface area contributed by atoms with E-state index in [0.29, 0.717) is 19.3 Å². The van der Waals surface area contributed by atoms with Crippen molar-refractivity contribution in [1.82, 2.24) is 0 Å². The van der Waals surface area contributed by atoms with Crippen molar-refractivity contribution in [2.24, 2.45) is 0 Å². The van der Waals surface area contributed by atoms with Crippen LogP contribution in [-0.4, -0.2) is 37.2 Å². The summed E-state index contributed by atoms with van der Waals surface area (Å²) in [6.07, 6.45) is 84.4. The predicted molar refractivity (Wildman–Crippen MR) is 354 cm³/mol. The minimum atomic E-state index is -0.764. The maximum atomic E-state index is 13.0. The van der Waals surface area contributed by atoms with Gasteiger partial charge in [-0.3, -0.25) is 14.4 Å². The Morgan fingerprint density at radius 1 is 0.198 bits per heavy atom. The van der Waals surface area contributed by atoms with Crippen molar-refractivity contribution < 1.29 is 28.6 Å².